The number of allylic oxidation sites excluding steroid dienone is 2. The molecule has 2 unspecified atom stereocenters. The van der Waals surface area contributed by atoms with Crippen molar-refractivity contribution in [1.82, 2.24) is 0 Å². The summed E-state index contributed by atoms with van der Waals surface area (Å²) in [6.07, 6.45) is 8.47. The smallest absolute Gasteiger partial charge is 0.437 e. The van der Waals surface area contributed by atoms with Gasteiger partial charge in [0.05, 0.1) is 0 Å². The monoisotopic (exact) mass is 829 g/mol. The van der Waals surface area contributed by atoms with Crippen molar-refractivity contribution in [2.75, 3.05) is 0 Å². The van der Waals surface area contributed by atoms with E-state index < -0.39 is 42.6 Å². The number of nitriles is 3. The average Bonchev–Trinajstić information content (AvgIpc) is 3.83. The molecule has 0 aliphatic carbocycles. The van der Waals surface area contributed by atoms with Crippen LogP contribution in [-0.4, -0.2) is 14.5 Å². The largest absolute Gasteiger partial charge is 0.538 e. The van der Waals surface area contributed by atoms with E-state index in [0.717, 1.165) is 54.7 Å². The maximum absolute atomic E-state index is 15.3. The van der Waals surface area contributed by atoms with E-state index >= 15 is 13.2 Å². The van der Waals surface area contributed by atoms with Gasteiger partial charge in [0.15, 0.2) is 11.3 Å². The molecular formula is C49H50F3N3O2SSi. The van der Waals surface area contributed by atoms with Crippen molar-refractivity contribution in [1.29, 1.82) is 15.8 Å². The standard InChI is InChI=1S/C49H50F3N3O2SSi/c1-7-9-17-35(18-10-8-2)37-24-23-36(45(31-37)57-59(6,47(3,4)5)42-21-15-12-16-22-42)25-26-40-27-28-41(58-40)29-30-44-43(34-55)46(38(32-53)33-54)56-48(44,49(50,51)52)39-19-13-11-14-20-39/h11-16,19-31,35H,7-10,17-18H2,1-6H3/b26-25+,30-29+. The third-order valence-electron chi connectivity index (χ3n) is 11.2. The molecule has 0 radical (unpaired) electrons. The van der Waals surface area contributed by atoms with Crippen molar-refractivity contribution in [2.24, 2.45) is 0 Å². The van der Waals surface area contributed by atoms with Crippen LogP contribution in [0.15, 0.2) is 120 Å². The van der Waals surface area contributed by atoms with Gasteiger partial charge in [-0.05, 0) is 77.5 Å². The minimum absolute atomic E-state index is 0.138. The van der Waals surface area contributed by atoms with Gasteiger partial charge in [0.25, 0.3) is 13.9 Å². The van der Waals surface area contributed by atoms with E-state index in [1.807, 2.05) is 24.3 Å². The molecule has 0 saturated heterocycles. The van der Waals surface area contributed by atoms with Gasteiger partial charge in [-0.25, -0.2) is 0 Å². The van der Waals surface area contributed by atoms with E-state index in [0.29, 0.717) is 10.8 Å². The highest BCUT2D eigenvalue weighted by molar-refractivity contribution is 7.13. The molecular weight excluding hydrogens is 780 g/mol. The predicted molar refractivity (Wildman–Crippen MR) is 235 cm³/mol. The molecule has 0 spiro atoms. The first-order valence-corrected chi connectivity index (χ1v) is 23.2. The second-order valence-electron chi connectivity index (χ2n) is 15.9. The van der Waals surface area contributed by atoms with Crippen LogP contribution in [0.25, 0.3) is 18.2 Å². The van der Waals surface area contributed by atoms with E-state index in [9.17, 15) is 15.8 Å². The van der Waals surface area contributed by atoms with Crippen molar-refractivity contribution >= 4 is 43.1 Å². The Morgan fingerprint density at radius 3 is 1.92 bits per heavy atom. The maximum atomic E-state index is 15.3. The Hall–Kier alpha value is -5.60. The molecule has 1 aliphatic heterocycles. The zero-order valence-corrected chi connectivity index (χ0v) is 36.3. The lowest BCUT2D eigenvalue weighted by molar-refractivity contribution is -0.249. The molecule has 5 nitrogen and oxygen atoms in total. The number of hydrogen-bond acceptors (Lipinski definition) is 6. The fourth-order valence-corrected chi connectivity index (χ4v) is 10.9. The number of thiophene rings is 1. The Morgan fingerprint density at radius 1 is 0.814 bits per heavy atom. The van der Waals surface area contributed by atoms with Gasteiger partial charge in [0, 0.05) is 26.5 Å². The van der Waals surface area contributed by atoms with Crippen molar-refractivity contribution < 1.29 is 22.3 Å². The summed E-state index contributed by atoms with van der Waals surface area (Å²) >= 11 is 1.36. The first kappa shape index (κ1) is 44.5. The zero-order chi connectivity index (χ0) is 42.8. The highest BCUT2D eigenvalue weighted by Gasteiger charge is 2.65. The predicted octanol–water partition coefficient (Wildman–Crippen LogP) is 13.7. The van der Waals surface area contributed by atoms with Crippen LogP contribution in [0.5, 0.6) is 5.75 Å². The molecule has 0 bridgehead atoms. The van der Waals surface area contributed by atoms with Crippen molar-refractivity contribution in [3.8, 4) is 24.0 Å². The SMILES string of the molecule is CCCCC(CCCC)c1ccc(/C=C/c2ccc(/C=C/C3=C(C#N)C(=C(C#N)C#N)OC3(c3ccccc3)C(F)(F)F)s2)c(O[Si](C)(c2ccccc2)C(C)(C)C)c1. The van der Waals surface area contributed by atoms with Gasteiger partial charge in [-0.15, -0.1) is 11.3 Å². The Bertz CT molecular complexity index is 2330. The highest BCUT2D eigenvalue weighted by Crippen LogP contribution is 2.56. The van der Waals surface area contributed by atoms with Crippen LogP contribution < -0.4 is 9.61 Å². The van der Waals surface area contributed by atoms with Crippen molar-refractivity contribution in [3.63, 3.8) is 0 Å². The van der Waals surface area contributed by atoms with Crippen LogP contribution in [-0.2, 0) is 10.3 Å². The van der Waals surface area contributed by atoms with Gasteiger partial charge >= 0.3 is 6.18 Å². The van der Waals surface area contributed by atoms with Gasteiger partial charge in [-0.3, -0.25) is 0 Å². The summed E-state index contributed by atoms with van der Waals surface area (Å²) in [5.41, 5.74) is -2.96. The molecule has 0 N–H and O–H groups in total. The lowest BCUT2D eigenvalue weighted by Gasteiger charge is -2.40. The molecule has 2 atom stereocenters. The van der Waals surface area contributed by atoms with Crippen LogP contribution in [0.2, 0.25) is 11.6 Å². The van der Waals surface area contributed by atoms with Gasteiger partial charge < -0.3 is 9.16 Å². The van der Waals surface area contributed by atoms with Gasteiger partial charge in [0.2, 0.25) is 0 Å². The first-order valence-electron chi connectivity index (χ1n) is 20.0. The number of ether oxygens (including phenoxy) is 1. The third-order valence-corrected chi connectivity index (χ3v) is 17.1. The van der Waals surface area contributed by atoms with E-state index in [2.05, 4.69) is 83.6 Å². The van der Waals surface area contributed by atoms with E-state index in [-0.39, 0.29) is 10.6 Å². The van der Waals surface area contributed by atoms with Crippen LogP contribution in [0.3, 0.4) is 0 Å². The quantitative estimate of drug-likeness (QED) is 0.0879. The summed E-state index contributed by atoms with van der Waals surface area (Å²) in [6.45, 7) is 13.5. The van der Waals surface area contributed by atoms with Crippen molar-refractivity contribution in [2.45, 2.75) is 102 Å². The molecule has 3 aromatic carbocycles. The van der Waals surface area contributed by atoms with E-state index in [1.165, 1.54) is 58.5 Å². The summed E-state index contributed by atoms with van der Waals surface area (Å²) in [5, 5.41) is 30.4. The molecule has 4 aromatic rings. The summed E-state index contributed by atoms with van der Waals surface area (Å²) in [6, 6.07) is 32.7. The lowest BCUT2D eigenvalue weighted by atomic mass is 9.84. The first-order chi connectivity index (χ1) is 28.2. The lowest BCUT2D eigenvalue weighted by Crippen LogP contribution is -2.57. The molecule has 5 rings (SSSR count). The molecule has 2 heterocycles. The fraction of sp³-hybridized carbons (Fsp3) is 0.327. The second-order valence-corrected chi connectivity index (χ2v) is 21.4. The molecule has 304 valence electrons. The fourth-order valence-electron chi connectivity index (χ4n) is 7.35. The number of alkyl halides is 3. The van der Waals surface area contributed by atoms with E-state index in [1.54, 1.807) is 30.3 Å². The Kier molecular flexibility index (Phi) is 14.3. The number of hydrogen-bond donors (Lipinski definition) is 0. The average molecular weight is 830 g/mol. The van der Waals surface area contributed by atoms with Crippen molar-refractivity contribution in [3.05, 3.63) is 146 Å². The number of rotatable bonds is 15. The molecule has 59 heavy (non-hydrogen) atoms. The van der Waals surface area contributed by atoms with Crippen LogP contribution >= 0.6 is 11.3 Å². The van der Waals surface area contributed by atoms with E-state index in [4.69, 9.17) is 9.16 Å². The Morgan fingerprint density at radius 2 is 1.39 bits per heavy atom. The zero-order valence-electron chi connectivity index (χ0n) is 34.5. The summed E-state index contributed by atoms with van der Waals surface area (Å²) in [4.78, 5) is 1.47. The normalized spacial score (nSPS) is 16.8. The topological polar surface area (TPSA) is 89.8 Å². The molecule has 0 fully saturated rings. The minimum Gasteiger partial charge on any atom is -0.538 e. The molecule has 1 aliphatic rings. The number of unbranched alkanes of at least 4 members (excludes halogenated alkanes) is 2. The Labute approximate surface area is 352 Å². The summed E-state index contributed by atoms with van der Waals surface area (Å²) < 4.78 is 58.7. The van der Waals surface area contributed by atoms with Crippen LogP contribution in [0, 0.1) is 34.0 Å². The number of benzene rings is 3. The molecule has 10 heteroatoms. The number of nitrogens with zero attached hydrogens (tertiary/aromatic N) is 3. The summed E-state index contributed by atoms with van der Waals surface area (Å²) in [5.74, 6) is 0.567. The minimum atomic E-state index is -5.06. The maximum Gasteiger partial charge on any atom is 0.437 e. The molecule has 0 saturated carbocycles. The summed E-state index contributed by atoms with van der Waals surface area (Å²) in [7, 11) is -2.61. The molecule has 1 aromatic heterocycles. The van der Waals surface area contributed by atoms with Gasteiger partial charge in [-0.2, -0.15) is 29.0 Å². The van der Waals surface area contributed by atoms with Gasteiger partial charge in [-0.1, -0.05) is 139 Å². The second kappa shape index (κ2) is 19.0. The van der Waals surface area contributed by atoms with Gasteiger partial charge in [0.1, 0.15) is 29.5 Å². The molecule has 0 amide bonds. The van der Waals surface area contributed by atoms with Crippen LogP contribution in [0.1, 0.15) is 106 Å². The highest BCUT2D eigenvalue weighted by atomic mass is 32.1. The number of halogens is 3. The van der Waals surface area contributed by atoms with Crippen LogP contribution in [0.4, 0.5) is 13.2 Å². The Balaban J connectivity index is 1.57. The third kappa shape index (κ3) is 9.49.